The molecule has 0 unspecified atom stereocenters. The minimum absolute atomic E-state index is 0. The fourth-order valence-corrected chi connectivity index (χ4v) is 4.10. The van der Waals surface area contributed by atoms with Gasteiger partial charge in [-0.2, -0.15) is 0 Å². The summed E-state index contributed by atoms with van der Waals surface area (Å²) in [5, 5.41) is 8.83. The van der Waals surface area contributed by atoms with E-state index in [2.05, 4.69) is 45.9 Å². The largest absolute Gasteiger partial charge is 0.371 e. The van der Waals surface area contributed by atoms with Gasteiger partial charge in [0.05, 0.1) is 5.52 Å². The molecule has 0 atom stereocenters. The number of benzene rings is 2. The van der Waals surface area contributed by atoms with Gasteiger partial charge in [0.25, 0.3) is 0 Å². The van der Waals surface area contributed by atoms with Gasteiger partial charge in [-0.05, 0) is 42.6 Å². The van der Waals surface area contributed by atoms with E-state index in [1.54, 1.807) is 6.07 Å². The molecule has 140 valence electrons. The maximum Gasteiger partial charge on any atom is 0.191 e. The molecule has 2 aromatic carbocycles. The van der Waals surface area contributed by atoms with Crippen molar-refractivity contribution in [3.63, 3.8) is 0 Å². The zero-order valence-electron chi connectivity index (χ0n) is 14.8. The van der Waals surface area contributed by atoms with Crippen LogP contribution in [0.15, 0.2) is 65.5 Å². The van der Waals surface area contributed by atoms with Crippen LogP contribution in [0.25, 0.3) is 21.0 Å². The zero-order chi connectivity index (χ0) is 17.8. The smallest absolute Gasteiger partial charge is 0.191 e. The Morgan fingerprint density at radius 3 is 2.67 bits per heavy atom. The van der Waals surface area contributed by atoms with Crippen LogP contribution >= 0.6 is 23.7 Å². The molecule has 0 saturated heterocycles. The third kappa shape index (κ3) is 4.69. The quantitative estimate of drug-likeness (QED) is 0.393. The van der Waals surface area contributed by atoms with E-state index in [-0.39, 0.29) is 17.8 Å². The van der Waals surface area contributed by atoms with Gasteiger partial charge in [0, 0.05) is 34.1 Å². The summed E-state index contributed by atoms with van der Waals surface area (Å²) in [5.74, 6) is 0.776. The lowest BCUT2D eigenvalue weighted by atomic mass is 10.2. The van der Waals surface area contributed by atoms with Crippen LogP contribution in [-0.2, 0) is 6.54 Å². The topological polar surface area (TPSA) is 56.9 Å². The zero-order valence-corrected chi connectivity index (χ0v) is 16.5. The average Bonchev–Trinajstić information content (AvgIpc) is 3.07. The molecule has 2 heterocycles. The second-order valence-electron chi connectivity index (χ2n) is 6.30. The first-order valence-corrected chi connectivity index (χ1v) is 9.65. The first-order valence-electron chi connectivity index (χ1n) is 8.84. The van der Waals surface area contributed by atoms with Crippen LogP contribution in [0.5, 0.6) is 0 Å². The lowest BCUT2D eigenvalue weighted by molar-refractivity contribution is 0.668. The lowest BCUT2D eigenvalue weighted by Crippen LogP contribution is -2.17. The van der Waals surface area contributed by atoms with Crippen LogP contribution < -0.4 is 16.1 Å². The van der Waals surface area contributed by atoms with E-state index in [0.717, 1.165) is 42.8 Å². The fraction of sp³-hybridized carbons (Fsp3) is 0.190. The van der Waals surface area contributed by atoms with Gasteiger partial charge in [-0.25, -0.2) is 0 Å². The molecule has 4 rings (SSSR count). The molecule has 4 aromatic rings. The Kier molecular flexibility index (Phi) is 6.50. The minimum atomic E-state index is 0. The second-order valence-corrected chi connectivity index (χ2v) is 7.47. The number of halogens is 1. The number of pyridine rings is 1. The lowest BCUT2D eigenvalue weighted by Gasteiger charge is -2.08. The van der Waals surface area contributed by atoms with E-state index in [9.17, 15) is 4.79 Å². The highest BCUT2D eigenvalue weighted by Gasteiger charge is 2.02. The average molecular weight is 400 g/mol. The molecule has 4 nitrogen and oxygen atoms in total. The van der Waals surface area contributed by atoms with Gasteiger partial charge in [0.2, 0.25) is 0 Å². The number of rotatable bonds is 7. The standard InChI is InChI=1S/C21H21N3OS.ClH/c25-19-13-21(24-18-8-3-2-7-17(18)19)23-11-5-10-22-14-16-12-15-6-1-4-9-20(15)26-16;/h1-4,6-9,12-13,22H,5,10-11,14H2,(H2,23,24,25);1H. The van der Waals surface area contributed by atoms with Gasteiger partial charge in [-0.3, -0.25) is 4.79 Å². The predicted molar refractivity (Wildman–Crippen MR) is 118 cm³/mol. The molecule has 0 aliphatic rings. The van der Waals surface area contributed by atoms with Crippen molar-refractivity contribution in [1.82, 2.24) is 10.3 Å². The molecule has 0 spiro atoms. The Balaban J connectivity index is 0.00000210. The van der Waals surface area contributed by atoms with Crippen LogP contribution in [-0.4, -0.2) is 18.1 Å². The van der Waals surface area contributed by atoms with Crippen LogP contribution in [0.2, 0.25) is 0 Å². The van der Waals surface area contributed by atoms with Gasteiger partial charge >= 0.3 is 0 Å². The monoisotopic (exact) mass is 399 g/mol. The number of aromatic nitrogens is 1. The number of H-pyrrole nitrogens is 1. The number of hydrogen-bond donors (Lipinski definition) is 3. The third-order valence-corrected chi connectivity index (χ3v) is 5.47. The van der Waals surface area contributed by atoms with Crippen molar-refractivity contribution >= 4 is 50.6 Å². The maximum absolute atomic E-state index is 12.1. The van der Waals surface area contributed by atoms with Gasteiger partial charge in [-0.15, -0.1) is 23.7 Å². The van der Waals surface area contributed by atoms with Gasteiger partial charge in [0.1, 0.15) is 5.82 Å². The highest BCUT2D eigenvalue weighted by Crippen LogP contribution is 2.24. The van der Waals surface area contributed by atoms with Gasteiger partial charge in [0.15, 0.2) is 5.43 Å². The Bertz CT molecular complexity index is 1060. The van der Waals surface area contributed by atoms with Gasteiger partial charge in [-0.1, -0.05) is 30.3 Å². The Labute approximate surface area is 168 Å². The molecule has 27 heavy (non-hydrogen) atoms. The van der Waals surface area contributed by atoms with Crippen molar-refractivity contribution in [1.29, 1.82) is 0 Å². The van der Waals surface area contributed by atoms with Gasteiger partial charge < -0.3 is 15.6 Å². The molecule has 0 aliphatic heterocycles. The summed E-state index contributed by atoms with van der Waals surface area (Å²) in [4.78, 5) is 16.7. The van der Waals surface area contributed by atoms with Crippen LogP contribution in [0.1, 0.15) is 11.3 Å². The second kappa shape index (κ2) is 9.04. The number of aromatic amines is 1. The fourth-order valence-electron chi connectivity index (χ4n) is 3.06. The van der Waals surface area contributed by atoms with Crippen LogP contribution in [0.3, 0.4) is 0 Å². The van der Waals surface area contributed by atoms with E-state index < -0.39 is 0 Å². The molecule has 3 N–H and O–H groups in total. The number of para-hydroxylation sites is 1. The van der Waals surface area contributed by atoms with E-state index in [0.29, 0.717) is 0 Å². The highest BCUT2D eigenvalue weighted by atomic mass is 35.5. The van der Waals surface area contributed by atoms with Crippen molar-refractivity contribution in [3.8, 4) is 0 Å². The molecule has 0 bridgehead atoms. The molecule has 2 aromatic heterocycles. The summed E-state index contributed by atoms with van der Waals surface area (Å²) in [6.45, 7) is 2.64. The summed E-state index contributed by atoms with van der Waals surface area (Å²) in [6.07, 6.45) is 0.986. The highest BCUT2D eigenvalue weighted by molar-refractivity contribution is 7.19. The van der Waals surface area contributed by atoms with Crippen LogP contribution in [0, 0.1) is 0 Å². The molecule has 0 aliphatic carbocycles. The normalized spacial score (nSPS) is 10.8. The van der Waals surface area contributed by atoms with Crippen molar-refractivity contribution in [2.75, 3.05) is 18.4 Å². The SMILES string of the molecule is Cl.O=c1cc(NCCCNCc2cc3ccccc3s2)[nH]c2ccccc12. The summed E-state index contributed by atoms with van der Waals surface area (Å²) >= 11 is 1.84. The minimum Gasteiger partial charge on any atom is -0.371 e. The molecule has 0 fully saturated rings. The summed E-state index contributed by atoms with van der Waals surface area (Å²) in [5.41, 5.74) is 0.912. The van der Waals surface area contributed by atoms with Crippen LogP contribution in [0.4, 0.5) is 5.82 Å². The predicted octanol–water partition coefficient (Wildman–Crippen LogP) is 4.76. The Hall–Kier alpha value is -2.34. The molecular formula is C21H22ClN3OS. The number of anilines is 1. The van der Waals surface area contributed by atoms with Crippen molar-refractivity contribution in [2.45, 2.75) is 13.0 Å². The number of fused-ring (bicyclic) bond motifs is 2. The summed E-state index contributed by atoms with van der Waals surface area (Å²) < 4.78 is 1.34. The molecular weight excluding hydrogens is 378 g/mol. The Morgan fingerprint density at radius 2 is 1.78 bits per heavy atom. The molecule has 0 amide bonds. The van der Waals surface area contributed by atoms with Crippen molar-refractivity contribution in [2.24, 2.45) is 0 Å². The molecule has 6 heteroatoms. The van der Waals surface area contributed by atoms with E-state index >= 15 is 0 Å². The van der Waals surface area contributed by atoms with Crippen molar-refractivity contribution < 1.29 is 0 Å². The summed E-state index contributed by atoms with van der Waals surface area (Å²) in [6, 6.07) is 19.9. The van der Waals surface area contributed by atoms with E-state index in [4.69, 9.17) is 0 Å². The Morgan fingerprint density at radius 1 is 0.963 bits per heavy atom. The van der Waals surface area contributed by atoms with E-state index in [1.165, 1.54) is 15.0 Å². The number of hydrogen-bond acceptors (Lipinski definition) is 4. The summed E-state index contributed by atoms with van der Waals surface area (Å²) in [7, 11) is 0. The first kappa shape index (κ1) is 19.4. The molecule has 0 saturated carbocycles. The number of thiophene rings is 1. The van der Waals surface area contributed by atoms with E-state index in [1.807, 2.05) is 35.6 Å². The number of nitrogens with one attached hydrogen (secondary N) is 3. The first-order chi connectivity index (χ1) is 12.8. The maximum atomic E-state index is 12.1. The van der Waals surface area contributed by atoms with Crippen molar-refractivity contribution in [3.05, 3.63) is 75.8 Å². The molecule has 0 radical (unpaired) electrons. The third-order valence-electron chi connectivity index (χ3n) is 4.36.